The van der Waals surface area contributed by atoms with Crippen molar-refractivity contribution in [3.8, 4) is 5.75 Å². The Morgan fingerprint density at radius 3 is 2.36 bits per heavy atom. The number of benzene rings is 2. The highest BCUT2D eigenvalue weighted by molar-refractivity contribution is 6.32. The van der Waals surface area contributed by atoms with E-state index in [1.54, 1.807) is 24.3 Å². The monoisotopic (exact) mass is 319 g/mol. The molecule has 2 aromatic rings. The van der Waals surface area contributed by atoms with Gasteiger partial charge in [-0.25, -0.2) is 0 Å². The molecule has 0 saturated heterocycles. The molecule has 0 aliphatic heterocycles. The van der Waals surface area contributed by atoms with Gasteiger partial charge in [-0.2, -0.15) is 0 Å². The van der Waals surface area contributed by atoms with Crippen molar-refractivity contribution in [2.24, 2.45) is 0 Å². The lowest BCUT2D eigenvalue weighted by Gasteiger charge is -2.07. The van der Waals surface area contributed by atoms with E-state index >= 15 is 0 Å². The number of hydrogen-bond donors (Lipinski definition) is 0. The van der Waals surface area contributed by atoms with E-state index in [0.717, 1.165) is 11.1 Å². The van der Waals surface area contributed by atoms with Crippen LogP contribution in [0.3, 0.4) is 0 Å². The fourth-order valence-electron chi connectivity index (χ4n) is 1.76. The van der Waals surface area contributed by atoms with Crippen LogP contribution in [0.15, 0.2) is 42.5 Å². The zero-order valence-corrected chi connectivity index (χ0v) is 12.6. The molecule has 2 aromatic carbocycles. The first-order chi connectivity index (χ1) is 10.6. The van der Waals surface area contributed by atoms with Gasteiger partial charge in [0.15, 0.2) is 6.79 Å². The number of nitrogens with zero attached hydrogens (tertiary/aromatic N) is 1. The van der Waals surface area contributed by atoms with E-state index in [1.165, 1.54) is 19.2 Å². The third-order valence-electron chi connectivity index (χ3n) is 2.86. The minimum absolute atomic E-state index is 0.0693. The van der Waals surface area contributed by atoms with Crippen molar-refractivity contribution in [1.29, 1.82) is 0 Å². The second kappa shape index (κ2) is 7.59. The zero-order valence-electron chi connectivity index (χ0n) is 11.9. The van der Waals surface area contributed by atoms with Crippen LogP contribution >= 0.6 is 11.6 Å². The van der Waals surface area contributed by atoms with Crippen LogP contribution in [0.1, 0.15) is 11.1 Å². The van der Waals surface area contributed by atoms with E-state index < -0.39 is 4.92 Å². The van der Waals surface area contributed by atoms with Crippen molar-refractivity contribution in [2.45, 2.75) is 0 Å². The Kier molecular flexibility index (Phi) is 5.52. The molecule has 0 fully saturated rings. The van der Waals surface area contributed by atoms with Crippen LogP contribution in [0.2, 0.25) is 5.02 Å². The minimum atomic E-state index is -0.425. The number of rotatable bonds is 6. The van der Waals surface area contributed by atoms with Crippen LogP contribution in [-0.4, -0.2) is 18.8 Å². The Labute approximate surface area is 132 Å². The summed E-state index contributed by atoms with van der Waals surface area (Å²) in [4.78, 5) is 10.2. The van der Waals surface area contributed by atoms with Crippen LogP contribution < -0.4 is 4.74 Å². The maximum Gasteiger partial charge on any atom is 0.269 e. The molecule has 0 aliphatic rings. The van der Waals surface area contributed by atoms with Gasteiger partial charge in [0.25, 0.3) is 5.69 Å². The summed E-state index contributed by atoms with van der Waals surface area (Å²) in [6.07, 6.45) is 3.72. The van der Waals surface area contributed by atoms with Gasteiger partial charge in [0.2, 0.25) is 0 Å². The lowest BCUT2D eigenvalue weighted by Crippen LogP contribution is -1.99. The maximum absolute atomic E-state index is 10.6. The Morgan fingerprint density at radius 2 is 1.77 bits per heavy atom. The van der Waals surface area contributed by atoms with Gasteiger partial charge in [0.1, 0.15) is 5.75 Å². The molecular formula is C16H14ClNO4. The molecule has 22 heavy (non-hydrogen) atoms. The molecule has 0 aliphatic carbocycles. The van der Waals surface area contributed by atoms with Gasteiger partial charge in [-0.1, -0.05) is 29.8 Å². The summed E-state index contributed by atoms with van der Waals surface area (Å²) in [5.41, 5.74) is 1.83. The second-order valence-corrected chi connectivity index (χ2v) is 4.83. The van der Waals surface area contributed by atoms with E-state index in [1.807, 2.05) is 18.2 Å². The summed E-state index contributed by atoms with van der Waals surface area (Å²) in [5, 5.41) is 11.1. The molecule has 0 amide bonds. The number of nitro groups is 1. The van der Waals surface area contributed by atoms with Crippen LogP contribution in [0.5, 0.6) is 5.75 Å². The van der Waals surface area contributed by atoms with Gasteiger partial charge in [0.05, 0.1) is 9.95 Å². The predicted octanol–water partition coefficient (Wildman–Crippen LogP) is 4.40. The van der Waals surface area contributed by atoms with Crippen LogP contribution in [0.25, 0.3) is 12.2 Å². The lowest BCUT2D eigenvalue weighted by molar-refractivity contribution is -0.384. The van der Waals surface area contributed by atoms with E-state index in [2.05, 4.69) is 0 Å². The highest BCUT2D eigenvalue weighted by Gasteiger charge is 2.03. The molecular weight excluding hydrogens is 306 g/mol. The van der Waals surface area contributed by atoms with Crippen LogP contribution in [-0.2, 0) is 4.74 Å². The molecule has 0 aromatic heterocycles. The number of non-ortho nitro benzene ring substituents is 1. The fourth-order valence-corrected chi connectivity index (χ4v) is 2.00. The van der Waals surface area contributed by atoms with Crippen molar-refractivity contribution < 1.29 is 14.4 Å². The number of methoxy groups -OCH3 is 1. The topological polar surface area (TPSA) is 61.6 Å². The molecule has 0 radical (unpaired) electrons. The molecule has 0 spiro atoms. The molecule has 114 valence electrons. The minimum Gasteiger partial charge on any atom is -0.466 e. The molecule has 5 nitrogen and oxygen atoms in total. The van der Waals surface area contributed by atoms with Crippen molar-refractivity contribution in [2.75, 3.05) is 13.9 Å². The van der Waals surface area contributed by atoms with E-state index in [9.17, 15) is 10.1 Å². The fraction of sp³-hybridized carbons (Fsp3) is 0.125. The van der Waals surface area contributed by atoms with Gasteiger partial charge >= 0.3 is 0 Å². The van der Waals surface area contributed by atoms with Crippen molar-refractivity contribution in [1.82, 2.24) is 0 Å². The summed E-state index contributed by atoms with van der Waals surface area (Å²) in [7, 11) is 1.54. The highest BCUT2D eigenvalue weighted by Crippen LogP contribution is 2.26. The largest absolute Gasteiger partial charge is 0.466 e. The lowest BCUT2D eigenvalue weighted by atomic mass is 10.1. The number of hydrogen-bond acceptors (Lipinski definition) is 4. The summed E-state index contributed by atoms with van der Waals surface area (Å²) in [5.74, 6) is 0.552. The third-order valence-corrected chi connectivity index (χ3v) is 3.16. The first-order valence-corrected chi connectivity index (χ1v) is 6.82. The molecule has 0 atom stereocenters. The first-order valence-electron chi connectivity index (χ1n) is 6.44. The summed E-state index contributed by atoms with van der Waals surface area (Å²) in [6.45, 7) is 0.137. The number of ether oxygens (including phenoxy) is 2. The highest BCUT2D eigenvalue weighted by atomic mass is 35.5. The summed E-state index contributed by atoms with van der Waals surface area (Å²) < 4.78 is 10.1. The Bertz CT molecular complexity index is 683. The smallest absolute Gasteiger partial charge is 0.269 e. The maximum atomic E-state index is 10.6. The second-order valence-electron chi connectivity index (χ2n) is 4.42. The van der Waals surface area contributed by atoms with E-state index in [4.69, 9.17) is 21.1 Å². The Hall–Kier alpha value is -2.37. The zero-order chi connectivity index (χ0) is 15.9. The van der Waals surface area contributed by atoms with Crippen LogP contribution in [0, 0.1) is 10.1 Å². The molecule has 6 heteroatoms. The van der Waals surface area contributed by atoms with Gasteiger partial charge in [-0.05, 0) is 35.4 Å². The van der Waals surface area contributed by atoms with E-state index in [0.29, 0.717) is 10.8 Å². The van der Waals surface area contributed by atoms with Crippen LogP contribution in [0.4, 0.5) is 5.69 Å². The SMILES string of the molecule is COCOc1ccc(/C=C/c2ccc([N+](=O)[O-])cc2)cc1Cl. The molecule has 2 rings (SSSR count). The van der Waals surface area contributed by atoms with Gasteiger partial charge in [-0.15, -0.1) is 0 Å². The number of nitro benzene ring substituents is 1. The quantitative estimate of drug-likeness (QED) is 0.342. The van der Waals surface area contributed by atoms with Crippen molar-refractivity contribution in [3.63, 3.8) is 0 Å². The molecule has 0 unspecified atom stereocenters. The molecule has 0 bridgehead atoms. The summed E-state index contributed by atoms with van der Waals surface area (Å²) in [6, 6.07) is 11.7. The van der Waals surface area contributed by atoms with E-state index in [-0.39, 0.29) is 12.5 Å². The predicted molar refractivity (Wildman–Crippen MR) is 86.0 cm³/mol. The average Bonchev–Trinajstić information content (AvgIpc) is 2.52. The first kappa shape index (κ1) is 16.0. The molecule has 0 N–H and O–H groups in total. The third kappa shape index (κ3) is 4.31. The standard InChI is InChI=1S/C16H14ClNO4/c1-21-11-22-16-9-6-13(10-15(16)17)3-2-12-4-7-14(8-5-12)18(19)20/h2-10H,11H2,1H3/b3-2+. The normalized spacial score (nSPS) is 10.8. The number of halogens is 1. The van der Waals surface area contributed by atoms with Gasteiger partial charge in [-0.3, -0.25) is 10.1 Å². The van der Waals surface area contributed by atoms with Gasteiger partial charge < -0.3 is 9.47 Å². The van der Waals surface area contributed by atoms with Crippen molar-refractivity contribution >= 4 is 29.4 Å². The van der Waals surface area contributed by atoms with Gasteiger partial charge in [0, 0.05) is 19.2 Å². The molecule has 0 saturated carbocycles. The Balaban J connectivity index is 2.09. The average molecular weight is 320 g/mol. The molecule has 0 heterocycles. The Morgan fingerprint density at radius 1 is 1.14 bits per heavy atom. The summed E-state index contributed by atoms with van der Waals surface area (Å²) >= 11 is 6.11. The van der Waals surface area contributed by atoms with Crippen molar-refractivity contribution in [3.05, 3.63) is 68.7 Å².